The van der Waals surface area contributed by atoms with Gasteiger partial charge in [0, 0.05) is 37.4 Å². The maximum Gasteiger partial charge on any atom is 0.335 e. The molecule has 1 saturated heterocycles. The van der Waals surface area contributed by atoms with Crippen LogP contribution in [-0.4, -0.2) is 53.7 Å². The third-order valence-electron chi connectivity index (χ3n) is 8.89. The number of carbonyl (C=O) groups excluding carboxylic acids is 1. The summed E-state index contributed by atoms with van der Waals surface area (Å²) in [6.07, 6.45) is 6.55. The lowest BCUT2D eigenvalue weighted by molar-refractivity contribution is -0.0120. The first-order valence-electron chi connectivity index (χ1n) is 13.1. The molecule has 7 nitrogen and oxygen atoms in total. The molecule has 184 valence electrons. The van der Waals surface area contributed by atoms with Crippen molar-refractivity contribution in [2.45, 2.75) is 51.1 Å². The molecule has 1 aliphatic heterocycles. The summed E-state index contributed by atoms with van der Waals surface area (Å²) >= 11 is 0. The Balaban J connectivity index is 1.11. The van der Waals surface area contributed by atoms with Gasteiger partial charge in [-0.25, -0.2) is 9.78 Å². The third kappa shape index (κ3) is 4.26. The standard InChI is InChI=1S/C28H34N4O3/c1-17-16-31(23-7-5-20(6-8-23)28(34)35)9-10-32(17)25-4-2-3-24(29-25)27(33)30-26-21-12-18-11-19(14-21)15-22(26)13-18/h2-8,17-19,21-22,26H,9-16H2,1H3,(H,30,33)(H,34,35). The fourth-order valence-electron chi connectivity index (χ4n) is 7.44. The summed E-state index contributed by atoms with van der Waals surface area (Å²) in [5.74, 6) is 2.98. The van der Waals surface area contributed by atoms with Crippen molar-refractivity contribution in [3.8, 4) is 0 Å². The topological polar surface area (TPSA) is 85.8 Å². The molecule has 1 aromatic heterocycles. The summed E-state index contributed by atoms with van der Waals surface area (Å²) in [6.45, 7) is 4.57. The fourth-order valence-corrected chi connectivity index (χ4v) is 7.44. The van der Waals surface area contributed by atoms with Gasteiger partial charge in [0.05, 0.1) is 5.56 Å². The first kappa shape index (κ1) is 22.4. The Morgan fingerprint density at radius 2 is 1.63 bits per heavy atom. The molecule has 0 radical (unpaired) electrons. The summed E-state index contributed by atoms with van der Waals surface area (Å²) in [4.78, 5) is 33.7. The summed E-state index contributed by atoms with van der Waals surface area (Å²) in [5.41, 5.74) is 1.84. The van der Waals surface area contributed by atoms with Crippen LogP contribution in [0.2, 0.25) is 0 Å². The quantitative estimate of drug-likeness (QED) is 0.680. The van der Waals surface area contributed by atoms with Crippen molar-refractivity contribution in [3.63, 3.8) is 0 Å². The number of aromatic carboxylic acids is 1. The molecular formula is C28H34N4O3. The van der Waals surface area contributed by atoms with Gasteiger partial charge in [-0.1, -0.05) is 6.07 Å². The van der Waals surface area contributed by atoms with Gasteiger partial charge in [0.1, 0.15) is 11.5 Å². The largest absolute Gasteiger partial charge is 0.478 e. The molecule has 2 N–H and O–H groups in total. The molecule has 2 heterocycles. The summed E-state index contributed by atoms with van der Waals surface area (Å²) in [7, 11) is 0. The van der Waals surface area contributed by atoms with Crippen LogP contribution in [0.5, 0.6) is 0 Å². The van der Waals surface area contributed by atoms with Crippen LogP contribution in [0.4, 0.5) is 11.5 Å². The van der Waals surface area contributed by atoms with Crippen molar-refractivity contribution in [1.82, 2.24) is 10.3 Å². The van der Waals surface area contributed by atoms with Crippen LogP contribution in [0.1, 0.15) is 59.9 Å². The highest BCUT2D eigenvalue weighted by Crippen LogP contribution is 2.53. The molecule has 5 fully saturated rings. The average molecular weight is 475 g/mol. The molecule has 0 spiro atoms. The molecular weight excluding hydrogens is 440 g/mol. The van der Waals surface area contributed by atoms with E-state index in [1.807, 2.05) is 30.3 Å². The van der Waals surface area contributed by atoms with Crippen LogP contribution in [0.25, 0.3) is 0 Å². The number of carbonyl (C=O) groups is 2. The molecule has 2 aromatic rings. The molecule has 5 aliphatic rings. The number of rotatable bonds is 5. The minimum atomic E-state index is -0.909. The predicted octanol–water partition coefficient (Wildman–Crippen LogP) is 4.05. The van der Waals surface area contributed by atoms with Gasteiger partial charge in [0.25, 0.3) is 5.91 Å². The highest BCUT2D eigenvalue weighted by Gasteiger charge is 2.48. The molecule has 4 saturated carbocycles. The van der Waals surface area contributed by atoms with Crippen molar-refractivity contribution < 1.29 is 14.7 Å². The highest BCUT2D eigenvalue weighted by molar-refractivity contribution is 5.93. The average Bonchev–Trinajstić information content (AvgIpc) is 2.85. The number of hydrogen-bond acceptors (Lipinski definition) is 5. The van der Waals surface area contributed by atoms with Gasteiger partial charge in [-0.3, -0.25) is 4.79 Å². The van der Waals surface area contributed by atoms with Gasteiger partial charge in [-0.15, -0.1) is 0 Å². The minimum Gasteiger partial charge on any atom is -0.478 e. The molecule has 7 rings (SSSR count). The monoisotopic (exact) mass is 474 g/mol. The van der Waals surface area contributed by atoms with Crippen LogP contribution in [-0.2, 0) is 0 Å². The van der Waals surface area contributed by atoms with Gasteiger partial charge in [0.2, 0.25) is 0 Å². The Morgan fingerprint density at radius 3 is 2.26 bits per heavy atom. The van der Waals surface area contributed by atoms with Crippen LogP contribution in [0.15, 0.2) is 42.5 Å². The van der Waals surface area contributed by atoms with Gasteiger partial charge < -0.3 is 20.2 Å². The minimum absolute atomic E-state index is 0.0332. The zero-order chi connectivity index (χ0) is 24.1. The number of carboxylic acid groups (broad SMARTS) is 1. The van der Waals surface area contributed by atoms with E-state index in [0.29, 0.717) is 29.1 Å². The first-order valence-corrected chi connectivity index (χ1v) is 13.1. The summed E-state index contributed by atoms with van der Waals surface area (Å²) < 4.78 is 0. The third-order valence-corrected chi connectivity index (χ3v) is 8.89. The Bertz CT molecular complexity index is 1090. The zero-order valence-electron chi connectivity index (χ0n) is 20.3. The van der Waals surface area contributed by atoms with Gasteiger partial charge >= 0.3 is 5.97 Å². The van der Waals surface area contributed by atoms with Crippen LogP contribution < -0.4 is 15.1 Å². The lowest BCUT2D eigenvalue weighted by Crippen LogP contribution is -2.56. The van der Waals surface area contributed by atoms with E-state index in [2.05, 4.69) is 22.0 Å². The molecule has 1 amide bonds. The molecule has 1 aromatic carbocycles. The summed E-state index contributed by atoms with van der Waals surface area (Å²) in [6, 6.07) is 13.3. The maximum absolute atomic E-state index is 13.2. The Kier molecular flexibility index (Phi) is 5.66. The van der Waals surface area contributed by atoms with E-state index in [0.717, 1.165) is 43.0 Å². The molecule has 1 atom stereocenters. The van der Waals surface area contributed by atoms with E-state index in [1.54, 1.807) is 12.1 Å². The lowest BCUT2D eigenvalue weighted by atomic mass is 9.54. The van der Waals surface area contributed by atoms with E-state index in [1.165, 1.54) is 32.1 Å². The van der Waals surface area contributed by atoms with Crippen molar-refractivity contribution in [3.05, 3.63) is 53.7 Å². The van der Waals surface area contributed by atoms with Gasteiger partial charge in [-0.2, -0.15) is 0 Å². The Labute approximate surface area is 206 Å². The van der Waals surface area contributed by atoms with E-state index in [9.17, 15) is 9.59 Å². The number of carboxylic acids is 1. The molecule has 7 heteroatoms. The second-order valence-corrected chi connectivity index (χ2v) is 11.2. The van der Waals surface area contributed by atoms with Crippen LogP contribution in [0, 0.1) is 23.7 Å². The Morgan fingerprint density at radius 1 is 0.943 bits per heavy atom. The number of amides is 1. The zero-order valence-corrected chi connectivity index (χ0v) is 20.3. The van der Waals surface area contributed by atoms with E-state index in [4.69, 9.17) is 10.1 Å². The first-order chi connectivity index (χ1) is 16.9. The highest BCUT2D eigenvalue weighted by atomic mass is 16.4. The molecule has 35 heavy (non-hydrogen) atoms. The number of anilines is 2. The van der Waals surface area contributed by atoms with Crippen molar-refractivity contribution >= 4 is 23.4 Å². The van der Waals surface area contributed by atoms with Crippen LogP contribution >= 0.6 is 0 Å². The van der Waals surface area contributed by atoms with E-state index >= 15 is 0 Å². The fraction of sp³-hybridized carbons (Fsp3) is 0.536. The lowest BCUT2D eigenvalue weighted by Gasteiger charge is -2.54. The van der Waals surface area contributed by atoms with Crippen molar-refractivity contribution in [1.29, 1.82) is 0 Å². The SMILES string of the molecule is CC1CN(c2ccc(C(=O)O)cc2)CCN1c1cccc(C(=O)NC2C3CC4CC(C3)CC2C4)n1. The maximum atomic E-state index is 13.2. The van der Waals surface area contributed by atoms with Crippen molar-refractivity contribution in [2.24, 2.45) is 23.7 Å². The van der Waals surface area contributed by atoms with Gasteiger partial charge in [-0.05, 0) is 99.1 Å². The number of aromatic nitrogens is 1. The number of nitrogens with one attached hydrogen (secondary N) is 1. The van der Waals surface area contributed by atoms with E-state index < -0.39 is 5.97 Å². The molecule has 1 unspecified atom stereocenters. The Hall–Kier alpha value is -3.09. The molecule has 4 bridgehead atoms. The molecule has 4 aliphatic carbocycles. The second kappa shape index (κ2) is 8.85. The number of pyridine rings is 1. The smallest absolute Gasteiger partial charge is 0.335 e. The number of piperazine rings is 1. The van der Waals surface area contributed by atoms with Crippen molar-refractivity contribution in [2.75, 3.05) is 29.4 Å². The second-order valence-electron chi connectivity index (χ2n) is 11.2. The van der Waals surface area contributed by atoms with E-state index in [-0.39, 0.29) is 11.9 Å². The summed E-state index contributed by atoms with van der Waals surface area (Å²) in [5, 5.41) is 12.5. The number of nitrogens with zero attached hydrogens (tertiary/aromatic N) is 3. The predicted molar refractivity (Wildman–Crippen MR) is 135 cm³/mol. The van der Waals surface area contributed by atoms with Crippen LogP contribution in [0.3, 0.4) is 0 Å². The van der Waals surface area contributed by atoms with Gasteiger partial charge in [0.15, 0.2) is 0 Å². The number of benzene rings is 1. The normalized spacial score (nSPS) is 31.5. The number of hydrogen-bond donors (Lipinski definition) is 2.